The maximum Gasteiger partial charge on any atom is 0.287 e. The van der Waals surface area contributed by atoms with Crippen LogP contribution in [0, 0.1) is 0 Å². The summed E-state index contributed by atoms with van der Waals surface area (Å²) in [6.07, 6.45) is 3.02. The Morgan fingerprint density at radius 2 is 2.11 bits per heavy atom. The zero-order valence-electron chi connectivity index (χ0n) is 9.81. The number of carbonyl (C=O) groups excluding carboxylic acids is 1. The fourth-order valence-electron chi connectivity index (χ4n) is 1.11. The molecule has 0 unspecified atom stereocenters. The minimum Gasteiger partial charge on any atom is -0.390 e. The molecule has 0 saturated heterocycles. The number of hydrogen-bond donors (Lipinski definition) is 2. The molecule has 8 heteroatoms. The number of likely N-dealkylation sites (N-methyl/N-ethyl adjacent to an activating group) is 1. The monoisotopic (exact) mass is 260 g/mol. The lowest BCUT2D eigenvalue weighted by Gasteiger charge is -2.18. The Bertz CT molecular complexity index is 389. The first-order valence-corrected chi connectivity index (χ1v) is 5.18. The minimum atomic E-state index is -3.31. The molecule has 1 rings (SSSR count). The molecule has 0 aromatic carbocycles. The van der Waals surface area contributed by atoms with Gasteiger partial charge in [-0.25, -0.2) is 18.7 Å². The van der Waals surface area contributed by atoms with E-state index < -0.39 is 25.0 Å². The molecule has 0 saturated carbocycles. The normalized spacial score (nSPS) is 11.1. The number of hydrogen-bond acceptors (Lipinski definition) is 5. The van der Waals surface area contributed by atoms with Crippen LogP contribution in [0.2, 0.25) is 0 Å². The molecule has 1 aromatic heterocycles. The molecule has 0 spiro atoms. The van der Waals surface area contributed by atoms with Gasteiger partial charge >= 0.3 is 0 Å². The highest BCUT2D eigenvalue weighted by molar-refractivity contribution is 5.80. The van der Waals surface area contributed by atoms with Gasteiger partial charge in [-0.3, -0.25) is 4.79 Å². The Morgan fingerprint density at radius 3 is 2.67 bits per heavy atom. The van der Waals surface area contributed by atoms with Gasteiger partial charge in [0.05, 0.1) is 13.1 Å². The number of anilines is 1. The summed E-state index contributed by atoms with van der Waals surface area (Å²) in [5.41, 5.74) is 0. The van der Waals surface area contributed by atoms with Gasteiger partial charge in [-0.2, -0.15) is 0 Å². The lowest BCUT2D eigenvalue weighted by Crippen LogP contribution is -2.43. The summed E-state index contributed by atoms with van der Waals surface area (Å²) in [4.78, 5) is 20.6. The highest BCUT2D eigenvalue weighted by Gasteiger charge is 2.28. The summed E-state index contributed by atoms with van der Waals surface area (Å²) in [5, 5.41) is 10.4. The van der Waals surface area contributed by atoms with Gasteiger partial charge in [-0.1, -0.05) is 0 Å². The molecular weight excluding hydrogens is 246 g/mol. The summed E-state index contributed by atoms with van der Waals surface area (Å²) in [7, 11) is 1.57. The highest BCUT2D eigenvalue weighted by atomic mass is 19.3. The van der Waals surface area contributed by atoms with Gasteiger partial charge in [-0.15, -0.1) is 0 Å². The number of carbonyl (C=O) groups is 1. The third-order valence-electron chi connectivity index (χ3n) is 2.05. The van der Waals surface area contributed by atoms with Gasteiger partial charge in [0.15, 0.2) is 0 Å². The largest absolute Gasteiger partial charge is 0.390 e. The molecule has 0 radical (unpaired) electrons. The van der Waals surface area contributed by atoms with Crippen LogP contribution in [0.5, 0.6) is 0 Å². The van der Waals surface area contributed by atoms with Crippen molar-refractivity contribution in [3.63, 3.8) is 0 Å². The summed E-state index contributed by atoms with van der Waals surface area (Å²) >= 11 is 0. The van der Waals surface area contributed by atoms with Crippen LogP contribution in [-0.2, 0) is 4.79 Å². The van der Waals surface area contributed by atoms with Gasteiger partial charge < -0.3 is 15.3 Å². The van der Waals surface area contributed by atoms with Crippen LogP contribution in [0.3, 0.4) is 0 Å². The van der Waals surface area contributed by atoms with E-state index >= 15 is 0 Å². The second-order valence-electron chi connectivity index (χ2n) is 3.70. The van der Waals surface area contributed by atoms with Crippen LogP contribution in [0.25, 0.3) is 0 Å². The first-order chi connectivity index (χ1) is 8.44. The first kappa shape index (κ1) is 14.2. The summed E-state index contributed by atoms with van der Waals surface area (Å²) < 4.78 is 25.3. The third kappa shape index (κ3) is 4.58. The molecule has 0 atom stereocenters. The van der Waals surface area contributed by atoms with Crippen LogP contribution >= 0.6 is 0 Å². The van der Waals surface area contributed by atoms with Gasteiger partial charge in [0.2, 0.25) is 11.9 Å². The van der Waals surface area contributed by atoms with Crippen molar-refractivity contribution in [3.8, 4) is 0 Å². The third-order valence-corrected chi connectivity index (χ3v) is 2.05. The van der Waals surface area contributed by atoms with Crippen molar-refractivity contribution in [2.75, 3.05) is 31.6 Å². The molecular formula is C10H14F2N4O2. The predicted octanol–water partition coefficient (Wildman–Crippen LogP) is -0.343. The van der Waals surface area contributed by atoms with E-state index in [0.29, 0.717) is 5.95 Å². The van der Waals surface area contributed by atoms with E-state index in [2.05, 4.69) is 9.97 Å². The zero-order valence-corrected chi connectivity index (χ0v) is 9.81. The maximum atomic E-state index is 12.7. The van der Waals surface area contributed by atoms with E-state index in [1.165, 1.54) is 17.3 Å². The molecule has 0 aliphatic heterocycles. The standard InChI is InChI=1S/C10H14F2N4O2/c1-16(9-13-3-2-4-14-9)5-8(18)15-6-10(11,12)7-17/h2-4,17H,5-7H2,1H3,(H,15,18). The van der Waals surface area contributed by atoms with Crippen LogP contribution < -0.4 is 10.2 Å². The topological polar surface area (TPSA) is 78.4 Å². The Kier molecular flexibility index (Phi) is 4.90. The molecule has 2 N–H and O–H groups in total. The quantitative estimate of drug-likeness (QED) is 0.731. The van der Waals surface area contributed by atoms with Gasteiger partial charge in [0, 0.05) is 19.4 Å². The van der Waals surface area contributed by atoms with E-state index in [0.717, 1.165) is 0 Å². The van der Waals surface area contributed by atoms with Crippen molar-refractivity contribution in [2.45, 2.75) is 5.92 Å². The number of aliphatic hydroxyl groups is 1. The van der Waals surface area contributed by atoms with Crippen molar-refractivity contribution in [1.82, 2.24) is 15.3 Å². The summed E-state index contributed by atoms with van der Waals surface area (Å²) in [6.45, 7) is -2.34. The predicted molar refractivity (Wildman–Crippen MR) is 60.3 cm³/mol. The van der Waals surface area contributed by atoms with Crippen molar-refractivity contribution >= 4 is 11.9 Å². The van der Waals surface area contributed by atoms with Crippen LogP contribution in [-0.4, -0.2) is 53.6 Å². The Balaban J connectivity index is 2.41. The SMILES string of the molecule is CN(CC(=O)NCC(F)(F)CO)c1ncccn1. The van der Waals surface area contributed by atoms with Gasteiger partial charge in [0.25, 0.3) is 5.92 Å². The van der Waals surface area contributed by atoms with E-state index in [1.54, 1.807) is 13.1 Å². The highest BCUT2D eigenvalue weighted by Crippen LogP contribution is 2.09. The minimum absolute atomic E-state index is 0.147. The zero-order chi connectivity index (χ0) is 13.6. The van der Waals surface area contributed by atoms with E-state index in [4.69, 9.17) is 5.11 Å². The van der Waals surface area contributed by atoms with Gasteiger partial charge in [-0.05, 0) is 6.07 Å². The first-order valence-electron chi connectivity index (χ1n) is 5.18. The van der Waals surface area contributed by atoms with Gasteiger partial charge in [0.1, 0.15) is 6.61 Å². The lowest BCUT2D eigenvalue weighted by molar-refractivity contribution is -0.122. The second kappa shape index (κ2) is 6.20. The Morgan fingerprint density at radius 1 is 1.50 bits per heavy atom. The molecule has 6 nitrogen and oxygen atoms in total. The second-order valence-corrected chi connectivity index (χ2v) is 3.70. The fourth-order valence-corrected chi connectivity index (χ4v) is 1.11. The molecule has 18 heavy (non-hydrogen) atoms. The fraction of sp³-hybridized carbons (Fsp3) is 0.500. The summed E-state index contributed by atoms with van der Waals surface area (Å²) in [5.74, 6) is -3.59. The number of nitrogens with one attached hydrogen (secondary N) is 1. The van der Waals surface area contributed by atoms with Crippen LogP contribution in [0.15, 0.2) is 18.5 Å². The van der Waals surface area contributed by atoms with E-state index in [-0.39, 0.29) is 6.54 Å². The van der Waals surface area contributed by atoms with Crippen molar-refractivity contribution in [1.29, 1.82) is 0 Å². The number of rotatable bonds is 6. The average molecular weight is 260 g/mol. The van der Waals surface area contributed by atoms with E-state index in [9.17, 15) is 13.6 Å². The maximum absolute atomic E-state index is 12.7. The molecule has 0 aliphatic rings. The number of nitrogens with zero attached hydrogens (tertiary/aromatic N) is 3. The Hall–Kier alpha value is -1.83. The Labute approximate surface area is 103 Å². The number of halogens is 2. The van der Waals surface area contributed by atoms with Crippen molar-refractivity contribution in [2.24, 2.45) is 0 Å². The van der Waals surface area contributed by atoms with Crippen molar-refractivity contribution in [3.05, 3.63) is 18.5 Å². The molecule has 0 fully saturated rings. The smallest absolute Gasteiger partial charge is 0.287 e. The number of amides is 1. The number of aliphatic hydroxyl groups excluding tert-OH is 1. The summed E-state index contributed by atoms with van der Waals surface area (Å²) in [6, 6.07) is 1.62. The van der Waals surface area contributed by atoms with Crippen molar-refractivity contribution < 1.29 is 18.7 Å². The molecule has 100 valence electrons. The molecule has 0 bridgehead atoms. The number of aromatic nitrogens is 2. The molecule has 1 amide bonds. The van der Waals surface area contributed by atoms with E-state index in [1.807, 2.05) is 5.32 Å². The number of alkyl halides is 2. The average Bonchev–Trinajstić information content (AvgIpc) is 2.37. The lowest BCUT2D eigenvalue weighted by atomic mass is 10.3. The molecule has 0 aliphatic carbocycles. The molecule has 1 aromatic rings. The van der Waals surface area contributed by atoms with Crippen LogP contribution in [0.4, 0.5) is 14.7 Å². The molecule has 1 heterocycles. The van der Waals surface area contributed by atoms with Crippen LogP contribution in [0.1, 0.15) is 0 Å².